The van der Waals surface area contributed by atoms with E-state index >= 15 is 0 Å². The highest BCUT2D eigenvalue weighted by atomic mass is 35.5. The van der Waals surface area contributed by atoms with E-state index in [0.29, 0.717) is 11.3 Å². The van der Waals surface area contributed by atoms with E-state index in [-0.39, 0.29) is 5.69 Å². The molecule has 1 amide bonds. The molecule has 0 heterocycles. The number of halogens is 1. The lowest BCUT2D eigenvalue weighted by Gasteiger charge is -2.12. The number of nitrogens with zero attached hydrogens (tertiary/aromatic N) is 3. The van der Waals surface area contributed by atoms with Crippen LogP contribution in [0, 0.1) is 10.1 Å². The number of carbonyl (C=O) groups is 1. The maximum atomic E-state index is 11.4. The van der Waals surface area contributed by atoms with E-state index in [1.165, 1.54) is 30.5 Å². The molecule has 0 aliphatic rings. The molecule has 0 fully saturated rings. The molecule has 0 bridgehead atoms. The van der Waals surface area contributed by atoms with Gasteiger partial charge in [-0.15, -0.1) is 0 Å². The molecule has 6 nitrogen and oxygen atoms in total. The number of anilines is 1. The van der Waals surface area contributed by atoms with Crippen LogP contribution in [0.2, 0.25) is 0 Å². The number of hydrogen-bond donors (Lipinski definition) is 0. The minimum Gasteiger partial charge on any atom is -0.258 e. The van der Waals surface area contributed by atoms with Crippen LogP contribution in [-0.2, 0) is 0 Å². The monoisotopic (exact) mass is 303 g/mol. The van der Waals surface area contributed by atoms with Gasteiger partial charge in [0.15, 0.2) is 0 Å². The molecule has 2 aromatic carbocycles. The third-order valence-corrected chi connectivity index (χ3v) is 2.75. The number of amides is 1. The molecule has 0 aliphatic carbocycles. The van der Waals surface area contributed by atoms with E-state index in [2.05, 4.69) is 5.10 Å². The molecule has 2 aromatic rings. The van der Waals surface area contributed by atoms with Crippen LogP contribution in [-0.4, -0.2) is 16.5 Å². The van der Waals surface area contributed by atoms with Crippen LogP contribution in [0.4, 0.5) is 16.2 Å². The van der Waals surface area contributed by atoms with Gasteiger partial charge in [-0.25, -0.2) is 0 Å². The Bertz CT molecular complexity index is 672. The van der Waals surface area contributed by atoms with Crippen molar-refractivity contribution in [1.29, 1.82) is 0 Å². The number of non-ortho nitro benzene ring substituents is 1. The lowest BCUT2D eigenvalue weighted by molar-refractivity contribution is -0.384. The molecule has 0 unspecified atom stereocenters. The van der Waals surface area contributed by atoms with Gasteiger partial charge in [0, 0.05) is 12.1 Å². The predicted octanol–water partition coefficient (Wildman–Crippen LogP) is 3.79. The molecule has 2 rings (SSSR count). The van der Waals surface area contributed by atoms with Gasteiger partial charge in [0.1, 0.15) is 0 Å². The average molecular weight is 304 g/mol. The molecule has 7 heteroatoms. The fourth-order valence-electron chi connectivity index (χ4n) is 1.59. The maximum Gasteiger partial charge on any atom is 0.341 e. The van der Waals surface area contributed by atoms with Crippen molar-refractivity contribution in [2.45, 2.75) is 0 Å². The van der Waals surface area contributed by atoms with Gasteiger partial charge in [0.2, 0.25) is 0 Å². The second-order valence-electron chi connectivity index (χ2n) is 3.99. The molecule has 0 N–H and O–H groups in total. The number of nitro benzene ring substituents is 1. The third kappa shape index (κ3) is 3.87. The Morgan fingerprint density at radius 1 is 1.14 bits per heavy atom. The van der Waals surface area contributed by atoms with E-state index in [0.717, 1.165) is 5.01 Å². The number of hydrogen-bond acceptors (Lipinski definition) is 4. The first-order chi connectivity index (χ1) is 10.1. The van der Waals surface area contributed by atoms with Crippen molar-refractivity contribution < 1.29 is 9.72 Å². The van der Waals surface area contributed by atoms with E-state index < -0.39 is 10.3 Å². The third-order valence-electron chi connectivity index (χ3n) is 2.59. The Hall–Kier alpha value is -2.73. The van der Waals surface area contributed by atoms with Crippen molar-refractivity contribution in [3.63, 3.8) is 0 Å². The molecule has 21 heavy (non-hydrogen) atoms. The average Bonchev–Trinajstić information content (AvgIpc) is 2.48. The Morgan fingerprint density at radius 2 is 1.76 bits per heavy atom. The highest BCUT2D eigenvalue weighted by Gasteiger charge is 2.11. The first kappa shape index (κ1) is 14.7. The Morgan fingerprint density at radius 3 is 2.29 bits per heavy atom. The van der Waals surface area contributed by atoms with Gasteiger partial charge >= 0.3 is 5.37 Å². The molecule has 0 spiro atoms. The number of benzene rings is 2. The molecule has 0 atom stereocenters. The molecule has 0 saturated heterocycles. The normalized spacial score (nSPS) is 10.5. The van der Waals surface area contributed by atoms with Crippen LogP contribution >= 0.6 is 11.6 Å². The topological polar surface area (TPSA) is 75.8 Å². The zero-order chi connectivity index (χ0) is 15.2. The molecular formula is C14H10ClN3O3. The summed E-state index contributed by atoms with van der Waals surface area (Å²) in [5.74, 6) is 0. The van der Waals surface area contributed by atoms with Crippen molar-refractivity contribution in [3.05, 3.63) is 70.3 Å². The Balaban J connectivity index is 2.21. The number of hydrazone groups is 1. The number of nitro groups is 1. The minimum absolute atomic E-state index is 0.0134. The van der Waals surface area contributed by atoms with E-state index in [1.54, 1.807) is 30.3 Å². The largest absolute Gasteiger partial charge is 0.341 e. The maximum absolute atomic E-state index is 11.4. The standard InChI is InChI=1S/C14H10ClN3O3/c15-14(19)17(12-4-2-1-3-5-12)16-10-11-6-8-13(9-7-11)18(20)21/h1-10H/b16-10-. The first-order valence-corrected chi connectivity index (χ1v) is 6.29. The zero-order valence-electron chi connectivity index (χ0n) is 10.7. The highest BCUT2D eigenvalue weighted by molar-refractivity contribution is 6.66. The van der Waals surface area contributed by atoms with Gasteiger partial charge in [0.05, 0.1) is 16.8 Å². The predicted molar refractivity (Wildman–Crippen MR) is 80.9 cm³/mol. The number of rotatable bonds is 4. The van der Waals surface area contributed by atoms with Gasteiger partial charge < -0.3 is 0 Å². The van der Waals surface area contributed by atoms with Crippen LogP contribution < -0.4 is 5.01 Å². The summed E-state index contributed by atoms with van der Waals surface area (Å²) in [6, 6.07) is 14.5. The fraction of sp³-hybridized carbons (Fsp3) is 0. The summed E-state index contributed by atoms with van der Waals surface area (Å²) in [4.78, 5) is 21.5. The fourth-order valence-corrected chi connectivity index (χ4v) is 1.73. The second-order valence-corrected chi connectivity index (χ2v) is 4.32. The second kappa shape index (κ2) is 6.62. The SMILES string of the molecule is O=C(Cl)N(/N=C\c1ccc([N+](=O)[O-])cc1)c1ccccc1. The lowest BCUT2D eigenvalue weighted by Crippen LogP contribution is -2.18. The summed E-state index contributed by atoms with van der Waals surface area (Å²) in [5, 5.41) is 14.8. The van der Waals surface area contributed by atoms with Crippen LogP contribution in [0.3, 0.4) is 0 Å². The van der Waals surface area contributed by atoms with E-state index in [9.17, 15) is 14.9 Å². The molecular weight excluding hydrogens is 294 g/mol. The zero-order valence-corrected chi connectivity index (χ0v) is 11.5. The summed E-state index contributed by atoms with van der Waals surface area (Å²) in [5.41, 5.74) is 1.12. The first-order valence-electron chi connectivity index (χ1n) is 5.91. The summed E-state index contributed by atoms with van der Waals surface area (Å²) in [7, 11) is 0. The van der Waals surface area contributed by atoms with Crippen LogP contribution in [0.15, 0.2) is 59.7 Å². The highest BCUT2D eigenvalue weighted by Crippen LogP contribution is 2.16. The van der Waals surface area contributed by atoms with Crippen LogP contribution in [0.5, 0.6) is 0 Å². The smallest absolute Gasteiger partial charge is 0.258 e. The number of carbonyl (C=O) groups excluding carboxylic acids is 1. The van der Waals surface area contributed by atoms with Gasteiger partial charge in [-0.3, -0.25) is 14.9 Å². The van der Waals surface area contributed by atoms with Gasteiger partial charge in [-0.1, -0.05) is 18.2 Å². The van der Waals surface area contributed by atoms with Gasteiger partial charge in [0.25, 0.3) is 5.69 Å². The quantitative estimate of drug-likeness (QED) is 0.283. The van der Waals surface area contributed by atoms with Gasteiger partial charge in [-0.05, 0) is 41.4 Å². The Labute approximate surface area is 125 Å². The summed E-state index contributed by atoms with van der Waals surface area (Å²) >= 11 is 5.50. The minimum atomic E-state index is -0.751. The Kier molecular flexibility index (Phi) is 4.63. The van der Waals surface area contributed by atoms with Gasteiger partial charge in [-0.2, -0.15) is 10.1 Å². The van der Waals surface area contributed by atoms with E-state index in [4.69, 9.17) is 11.6 Å². The van der Waals surface area contributed by atoms with Crippen molar-refractivity contribution in [3.8, 4) is 0 Å². The molecule has 0 aromatic heterocycles. The molecule has 106 valence electrons. The van der Waals surface area contributed by atoms with Crippen molar-refractivity contribution in [2.75, 3.05) is 5.01 Å². The van der Waals surface area contributed by atoms with Crippen LogP contribution in [0.1, 0.15) is 5.56 Å². The van der Waals surface area contributed by atoms with Crippen molar-refractivity contribution >= 4 is 34.6 Å². The van der Waals surface area contributed by atoms with Crippen molar-refractivity contribution in [2.24, 2.45) is 5.10 Å². The molecule has 0 aliphatic heterocycles. The van der Waals surface area contributed by atoms with E-state index in [1.807, 2.05) is 0 Å². The number of para-hydroxylation sites is 1. The van der Waals surface area contributed by atoms with Crippen LogP contribution in [0.25, 0.3) is 0 Å². The van der Waals surface area contributed by atoms with Crippen molar-refractivity contribution in [1.82, 2.24) is 0 Å². The molecule has 0 saturated carbocycles. The summed E-state index contributed by atoms with van der Waals surface area (Å²) in [6.07, 6.45) is 1.40. The summed E-state index contributed by atoms with van der Waals surface area (Å²) in [6.45, 7) is 0. The lowest BCUT2D eigenvalue weighted by atomic mass is 10.2. The molecule has 0 radical (unpaired) electrons. The summed E-state index contributed by atoms with van der Waals surface area (Å²) < 4.78 is 0.